The zero-order valence-electron chi connectivity index (χ0n) is 12.5. The lowest BCUT2D eigenvalue weighted by atomic mass is 10.0. The number of hydrogen-bond acceptors (Lipinski definition) is 4. The first-order valence-electron chi connectivity index (χ1n) is 6.88. The molecule has 0 saturated carbocycles. The van der Waals surface area contributed by atoms with Crippen molar-refractivity contribution < 1.29 is 19.4 Å². The molecule has 0 bridgehead atoms. The van der Waals surface area contributed by atoms with Crippen LogP contribution in [0.25, 0.3) is 0 Å². The number of anilines is 1. The molecule has 1 rings (SSSR count). The van der Waals surface area contributed by atoms with Gasteiger partial charge in [0.1, 0.15) is 0 Å². The van der Waals surface area contributed by atoms with Gasteiger partial charge in [0.05, 0.1) is 19.1 Å². The number of carboxylic acids is 1. The van der Waals surface area contributed by atoms with Crippen LogP contribution in [0.3, 0.4) is 0 Å². The van der Waals surface area contributed by atoms with Crippen LogP contribution in [0, 0.1) is 5.92 Å². The third kappa shape index (κ3) is 4.33. The van der Waals surface area contributed by atoms with E-state index in [9.17, 15) is 4.79 Å². The molecular formula is C15H23NO4. The summed E-state index contributed by atoms with van der Waals surface area (Å²) in [6.07, 6.45) is 0. The fourth-order valence-corrected chi connectivity index (χ4v) is 1.74. The Morgan fingerprint density at radius 2 is 1.80 bits per heavy atom. The molecule has 0 amide bonds. The summed E-state index contributed by atoms with van der Waals surface area (Å²) < 4.78 is 11.0. The van der Waals surface area contributed by atoms with Gasteiger partial charge in [-0.2, -0.15) is 0 Å². The fraction of sp³-hybridized carbons (Fsp3) is 0.533. The smallest absolute Gasteiger partial charge is 0.308 e. The highest BCUT2D eigenvalue weighted by Crippen LogP contribution is 2.31. The Hall–Kier alpha value is -1.91. The summed E-state index contributed by atoms with van der Waals surface area (Å²) in [7, 11) is 0. The van der Waals surface area contributed by atoms with Crippen LogP contribution in [0.2, 0.25) is 0 Å². The zero-order valence-corrected chi connectivity index (χ0v) is 12.5. The highest BCUT2D eigenvalue weighted by molar-refractivity contribution is 5.71. The highest BCUT2D eigenvalue weighted by Gasteiger charge is 2.19. The first kappa shape index (κ1) is 16.1. The van der Waals surface area contributed by atoms with Crippen LogP contribution < -0.4 is 14.8 Å². The van der Waals surface area contributed by atoms with Crippen LogP contribution in [0.5, 0.6) is 11.5 Å². The molecule has 5 nitrogen and oxygen atoms in total. The van der Waals surface area contributed by atoms with E-state index in [1.54, 1.807) is 6.92 Å². The Morgan fingerprint density at radius 3 is 2.35 bits per heavy atom. The van der Waals surface area contributed by atoms with Crippen molar-refractivity contribution >= 4 is 11.7 Å². The van der Waals surface area contributed by atoms with Crippen molar-refractivity contribution in [2.45, 2.75) is 33.7 Å². The van der Waals surface area contributed by atoms with Crippen molar-refractivity contribution in [2.24, 2.45) is 5.92 Å². The van der Waals surface area contributed by atoms with Crippen molar-refractivity contribution in [3.05, 3.63) is 18.2 Å². The quantitative estimate of drug-likeness (QED) is 0.766. The van der Waals surface area contributed by atoms with Crippen molar-refractivity contribution in [2.75, 3.05) is 18.5 Å². The maximum absolute atomic E-state index is 11.0. The average molecular weight is 281 g/mol. The highest BCUT2D eigenvalue weighted by atomic mass is 16.5. The molecule has 2 unspecified atom stereocenters. The molecule has 0 heterocycles. The predicted octanol–water partition coefficient (Wildman–Crippen LogP) is 3.01. The van der Waals surface area contributed by atoms with Crippen molar-refractivity contribution in [1.82, 2.24) is 0 Å². The van der Waals surface area contributed by atoms with Gasteiger partial charge in [0.25, 0.3) is 0 Å². The molecule has 2 atom stereocenters. The summed E-state index contributed by atoms with van der Waals surface area (Å²) in [5, 5.41) is 12.2. The molecule has 0 spiro atoms. The normalized spacial score (nSPS) is 13.4. The molecule has 0 aliphatic heterocycles. The molecule has 0 radical (unpaired) electrons. The maximum Gasteiger partial charge on any atom is 0.308 e. The second kappa shape index (κ2) is 7.62. The Morgan fingerprint density at radius 1 is 1.20 bits per heavy atom. The number of carbonyl (C=O) groups is 1. The van der Waals surface area contributed by atoms with Gasteiger partial charge in [0, 0.05) is 17.8 Å². The molecule has 20 heavy (non-hydrogen) atoms. The maximum atomic E-state index is 11.0. The first-order valence-corrected chi connectivity index (χ1v) is 6.88. The van der Waals surface area contributed by atoms with E-state index in [1.165, 1.54) is 0 Å². The predicted molar refractivity (Wildman–Crippen MR) is 78.7 cm³/mol. The third-order valence-corrected chi connectivity index (χ3v) is 3.08. The summed E-state index contributed by atoms with van der Waals surface area (Å²) in [6, 6.07) is 5.34. The molecule has 1 aromatic carbocycles. The van der Waals surface area contributed by atoms with Crippen LogP contribution in [0.1, 0.15) is 27.7 Å². The molecule has 0 aliphatic carbocycles. The second-order valence-corrected chi connectivity index (χ2v) is 4.59. The van der Waals surface area contributed by atoms with Crippen molar-refractivity contribution in [3.8, 4) is 11.5 Å². The van der Waals surface area contributed by atoms with Gasteiger partial charge in [-0.25, -0.2) is 0 Å². The lowest BCUT2D eigenvalue weighted by Crippen LogP contribution is -2.29. The number of rotatable bonds is 8. The minimum atomic E-state index is -0.819. The number of hydrogen-bond donors (Lipinski definition) is 2. The summed E-state index contributed by atoms with van der Waals surface area (Å²) in [6.45, 7) is 8.46. The molecule has 0 saturated heterocycles. The fourth-order valence-electron chi connectivity index (χ4n) is 1.74. The van der Waals surface area contributed by atoms with Gasteiger partial charge < -0.3 is 19.9 Å². The van der Waals surface area contributed by atoms with Gasteiger partial charge >= 0.3 is 5.97 Å². The zero-order chi connectivity index (χ0) is 15.1. The van der Waals surface area contributed by atoms with E-state index in [0.717, 1.165) is 5.69 Å². The van der Waals surface area contributed by atoms with Crippen LogP contribution in [-0.2, 0) is 4.79 Å². The monoisotopic (exact) mass is 281 g/mol. The second-order valence-electron chi connectivity index (χ2n) is 4.59. The van der Waals surface area contributed by atoms with Crippen molar-refractivity contribution in [3.63, 3.8) is 0 Å². The number of nitrogens with one attached hydrogen (secondary N) is 1. The van der Waals surface area contributed by atoms with Gasteiger partial charge in [-0.15, -0.1) is 0 Å². The van der Waals surface area contributed by atoms with Gasteiger partial charge in [0.15, 0.2) is 11.5 Å². The Labute approximate surface area is 119 Å². The van der Waals surface area contributed by atoms with E-state index >= 15 is 0 Å². The summed E-state index contributed by atoms with van der Waals surface area (Å²) >= 11 is 0. The Kier molecular flexibility index (Phi) is 6.15. The minimum absolute atomic E-state index is 0.181. The van der Waals surface area contributed by atoms with Crippen LogP contribution in [0.15, 0.2) is 18.2 Å². The van der Waals surface area contributed by atoms with Crippen molar-refractivity contribution in [1.29, 1.82) is 0 Å². The van der Waals surface area contributed by atoms with Crippen LogP contribution in [0.4, 0.5) is 5.69 Å². The Balaban J connectivity index is 2.85. The molecule has 112 valence electrons. The van der Waals surface area contributed by atoms with Gasteiger partial charge in [-0.1, -0.05) is 0 Å². The average Bonchev–Trinajstić information content (AvgIpc) is 2.41. The minimum Gasteiger partial charge on any atom is -0.490 e. The summed E-state index contributed by atoms with van der Waals surface area (Å²) in [5.41, 5.74) is 0.817. The molecule has 1 aromatic rings. The van der Waals surface area contributed by atoms with E-state index in [4.69, 9.17) is 14.6 Å². The third-order valence-electron chi connectivity index (χ3n) is 3.08. The molecule has 0 fully saturated rings. The largest absolute Gasteiger partial charge is 0.490 e. The number of ether oxygens (including phenoxy) is 2. The van der Waals surface area contributed by atoms with E-state index in [-0.39, 0.29) is 6.04 Å². The van der Waals surface area contributed by atoms with E-state index < -0.39 is 11.9 Å². The van der Waals surface area contributed by atoms with E-state index in [1.807, 2.05) is 39.0 Å². The van der Waals surface area contributed by atoms with E-state index in [2.05, 4.69) is 5.32 Å². The number of carboxylic acid groups (broad SMARTS) is 1. The summed E-state index contributed by atoms with van der Waals surface area (Å²) in [5.74, 6) is 0.0615. The standard InChI is InChI=1S/C15H23NO4/c1-5-19-13-8-7-12(9-14(13)20-6-2)16-11(4)10(3)15(17)18/h7-11,16H,5-6H2,1-4H3,(H,17,18). The van der Waals surface area contributed by atoms with Gasteiger partial charge in [0.2, 0.25) is 0 Å². The molecule has 0 aliphatic rings. The molecule has 5 heteroatoms. The molecular weight excluding hydrogens is 258 g/mol. The number of aliphatic carboxylic acids is 1. The van der Waals surface area contributed by atoms with Gasteiger partial charge in [-0.3, -0.25) is 4.79 Å². The van der Waals surface area contributed by atoms with Gasteiger partial charge in [-0.05, 0) is 39.8 Å². The first-order chi connectivity index (χ1) is 9.49. The lowest BCUT2D eigenvalue weighted by molar-refractivity contribution is -0.141. The molecule has 2 N–H and O–H groups in total. The van der Waals surface area contributed by atoms with Crippen LogP contribution in [-0.4, -0.2) is 30.3 Å². The summed E-state index contributed by atoms with van der Waals surface area (Å²) in [4.78, 5) is 11.0. The molecule has 0 aromatic heterocycles. The Bertz CT molecular complexity index is 447. The SMILES string of the molecule is CCOc1ccc(NC(C)C(C)C(=O)O)cc1OCC. The van der Waals surface area contributed by atoms with Crippen LogP contribution >= 0.6 is 0 Å². The van der Waals surface area contributed by atoms with E-state index in [0.29, 0.717) is 24.7 Å². The topological polar surface area (TPSA) is 67.8 Å². The lowest BCUT2D eigenvalue weighted by Gasteiger charge is -2.20. The number of benzene rings is 1.